The second kappa shape index (κ2) is 6.36. The van der Waals surface area contributed by atoms with Crippen molar-refractivity contribution in [3.05, 3.63) is 0 Å². The Kier molecular flexibility index (Phi) is 5.05. The van der Waals surface area contributed by atoms with E-state index >= 15 is 0 Å². The standard InChI is InChI=1S/C15H30N2O/c1-4-6-15(7-8-16-11-15)12-17-9-5-13(2)14(10-17)18-3/h13-14,16H,4-12H2,1-3H3. The summed E-state index contributed by atoms with van der Waals surface area (Å²) in [7, 11) is 1.86. The average Bonchev–Trinajstić information content (AvgIpc) is 2.81. The molecule has 2 aliphatic rings. The molecule has 3 unspecified atom stereocenters. The summed E-state index contributed by atoms with van der Waals surface area (Å²) in [6.07, 6.45) is 5.74. The molecule has 2 fully saturated rings. The molecule has 3 atom stereocenters. The van der Waals surface area contributed by atoms with Crippen molar-refractivity contribution in [3.8, 4) is 0 Å². The van der Waals surface area contributed by atoms with Crippen LogP contribution in [0.15, 0.2) is 0 Å². The van der Waals surface area contributed by atoms with Crippen molar-refractivity contribution < 1.29 is 4.74 Å². The van der Waals surface area contributed by atoms with E-state index in [0.29, 0.717) is 11.5 Å². The first-order valence-electron chi connectivity index (χ1n) is 7.65. The van der Waals surface area contributed by atoms with Gasteiger partial charge in [-0.05, 0) is 43.7 Å². The van der Waals surface area contributed by atoms with Crippen molar-refractivity contribution >= 4 is 0 Å². The van der Waals surface area contributed by atoms with Gasteiger partial charge < -0.3 is 15.0 Å². The summed E-state index contributed by atoms with van der Waals surface area (Å²) in [6.45, 7) is 10.7. The minimum absolute atomic E-state index is 0.437. The number of methoxy groups -OCH3 is 1. The number of likely N-dealkylation sites (tertiary alicyclic amines) is 1. The van der Waals surface area contributed by atoms with E-state index in [9.17, 15) is 0 Å². The molecule has 106 valence electrons. The van der Waals surface area contributed by atoms with Crippen LogP contribution in [0.5, 0.6) is 0 Å². The zero-order chi connectivity index (χ0) is 13.0. The Bertz CT molecular complexity index is 251. The predicted molar refractivity (Wildman–Crippen MR) is 75.8 cm³/mol. The van der Waals surface area contributed by atoms with Crippen molar-refractivity contribution in [3.63, 3.8) is 0 Å². The molecule has 3 heteroatoms. The van der Waals surface area contributed by atoms with Crippen LogP contribution in [0.2, 0.25) is 0 Å². The monoisotopic (exact) mass is 254 g/mol. The van der Waals surface area contributed by atoms with Gasteiger partial charge >= 0.3 is 0 Å². The fourth-order valence-electron chi connectivity index (χ4n) is 3.78. The Morgan fingerprint density at radius 1 is 1.44 bits per heavy atom. The highest BCUT2D eigenvalue weighted by Crippen LogP contribution is 2.33. The lowest BCUT2D eigenvalue weighted by Crippen LogP contribution is -2.48. The van der Waals surface area contributed by atoms with E-state index in [1.54, 1.807) is 0 Å². The van der Waals surface area contributed by atoms with E-state index in [1.807, 2.05) is 7.11 Å². The molecule has 1 N–H and O–H groups in total. The van der Waals surface area contributed by atoms with Crippen LogP contribution in [0.3, 0.4) is 0 Å². The average molecular weight is 254 g/mol. The van der Waals surface area contributed by atoms with E-state index in [1.165, 1.54) is 51.9 Å². The second-order valence-electron chi connectivity index (χ2n) is 6.45. The highest BCUT2D eigenvalue weighted by atomic mass is 16.5. The molecule has 3 nitrogen and oxygen atoms in total. The van der Waals surface area contributed by atoms with Crippen LogP contribution in [0.25, 0.3) is 0 Å². The van der Waals surface area contributed by atoms with Crippen molar-refractivity contribution in [1.29, 1.82) is 0 Å². The Labute approximate surface area is 112 Å². The van der Waals surface area contributed by atoms with Crippen molar-refractivity contribution in [2.75, 3.05) is 39.8 Å². The Morgan fingerprint density at radius 3 is 2.89 bits per heavy atom. The van der Waals surface area contributed by atoms with E-state index in [4.69, 9.17) is 4.74 Å². The zero-order valence-corrected chi connectivity index (χ0v) is 12.4. The molecule has 0 radical (unpaired) electrons. The molecule has 0 amide bonds. The zero-order valence-electron chi connectivity index (χ0n) is 12.4. The summed E-state index contributed by atoms with van der Waals surface area (Å²) in [5, 5.41) is 3.56. The maximum absolute atomic E-state index is 5.63. The molecule has 0 aromatic heterocycles. The summed E-state index contributed by atoms with van der Waals surface area (Å²) < 4.78 is 5.63. The SMILES string of the molecule is CCCC1(CN2CCC(C)C(OC)C2)CCNC1. The summed E-state index contributed by atoms with van der Waals surface area (Å²) in [5.74, 6) is 0.718. The van der Waals surface area contributed by atoms with Gasteiger partial charge in [0.15, 0.2) is 0 Å². The van der Waals surface area contributed by atoms with Gasteiger partial charge in [-0.15, -0.1) is 0 Å². The molecule has 0 bridgehead atoms. The van der Waals surface area contributed by atoms with Crippen LogP contribution < -0.4 is 5.32 Å². The maximum atomic E-state index is 5.63. The van der Waals surface area contributed by atoms with Gasteiger partial charge in [0.1, 0.15) is 0 Å². The predicted octanol–water partition coefficient (Wildman–Crippen LogP) is 2.12. The number of nitrogens with zero attached hydrogens (tertiary/aromatic N) is 1. The first-order valence-corrected chi connectivity index (χ1v) is 7.65. The molecule has 2 aliphatic heterocycles. The molecule has 2 heterocycles. The van der Waals surface area contributed by atoms with E-state index in [-0.39, 0.29) is 0 Å². The third-order valence-corrected chi connectivity index (χ3v) is 4.95. The van der Waals surface area contributed by atoms with E-state index in [0.717, 1.165) is 12.5 Å². The molecular formula is C15H30N2O. The Balaban J connectivity index is 1.91. The highest BCUT2D eigenvalue weighted by molar-refractivity contribution is 4.92. The van der Waals surface area contributed by atoms with Crippen LogP contribution in [0.4, 0.5) is 0 Å². The fraction of sp³-hybridized carbons (Fsp3) is 1.00. The lowest BCUT2D eigenvalue weighted by molar-refractivity contribution is -0.0173. The van der Waals surface area contributed by atoms with E-state index < -0.39 is 0 Å². The van der Waals surface area contributed by atoms with Crippen LogP contribution in [-0.2, 0) is 4.74 Å². The van der Waals surface area contributed by atoms with Crippen LogP contribution >= 0.6 is 0 Å². The minimum atomic E-state index is 0.437. The number of rotatable bonds is 5. The Morgan fingerprint density at radius 2 is 2.28 bits per heavy atom. The molecule has 0 aromatic carbocycles. The number of ether oxygens (including phenoxy) is 1. The van der Waals surface area contributed by atoms with Gasteiger partial charge in [0, 0.05) is 26.7 Å². The summed E-state index contributed by atoms with van der Waals surface area (Å²) >= 11 is 0. The normalized spacial score (nSPS) is 38.2. The second-order valence-corrected chi connectivity index (χ2v) is 6.45. The number of hydrogen-bond acceptors (Lipinski definition) is 3. The van der Waals surface area contributed by atoms with Gasteiger partial charge in [0.05, 0.1) is 6.10 Å². The number of piperidine rings is 1. The summed E-state index contributed by atoms with van der Waals surface area (Å²) in [5.41, 5.74) is 0.535. The third kappa shape index (κ3) is 3.25. The van der Waals surface area contributed by atoms with Gasteiger partial charge in [-0.1, -0.05) is 20.3 Å². The fourth-order valence-corrected chi connectivity index (χ4v) is 3.78. The lowest BCUT2D eigenvalue weighted by Gasteiger charge is -2.41. The highest BCUT2D eigenvalue weighted by Gasteiger charge is 2.36. The molecule has 2 rings (SSSR count). The van der Waals surface area contributed by atoms with Gasteiger partial charge in [-0.2, -0.15) is 0 Å². The molecule has 0 spiro atoms. The molecule has 2 saturated heterocycles. The first-order chi connectivity index (χ1) is 8.69. The largest absolute Gasteiger partial charge is 0.380 e. The smallest absolute Gasteiger partial charge is 0.0724 e. The topological polar surface area (TPSA) is 24.5 Å². The van der Waals surface area contributed by atoms with Gasteiger partial charge in [-0.3, -0.25) is 0 Å². The molecule has 0 saturated carbocycles. The molecule has 0 aromatic rings. The van der Waals surface area contributed by atoms with Crippen LogP contribution in [0, 0.1) is 11.3 Å². The van der Waals surface area contributed by atoms with Crippen molar-refractivity contribution in [1.82, 2.24) is 10.2 Å². The molecule has 18 heavy (non-hydrogen) atoms. The molecule has 0 aliphatic carbocycles. The quantitative estimate of drug-likeness (QED) is 0.813. The van der Waals surface area contributed by atoms with Gasteiger partial charge in [-0.25, -0.2) is 0 Å². The lowest BCUT2D eigenvalue weighted by atomic mass is 9.81. The van der Waals surface area contributed by atoms with Gasteiger partial charge in [0.2, 0.25) is 0 Å². The Hall–Kier alpha value is -0.120. The van der Waals surface area contributed by atoms with Gasteiger partial charge in [0.25, 0.3) is 0 Å². The maximum Gasteiger partial charge on any atom is 0.0724 e. The summed E-state index contributed by atoms with van der Waals surface area (Å²) in [4.78, 5) is 2.65. The number of hydrogen-bond donors (Lipinski definition) is 1. The summed E-state index contributed by atoms with van der Waals surface area (Å²) in [6, 6.07) is 0. The first kappa shape index (κ1) is 14.3. The van der Waals surface area contributed by atoms with Crippen molar-refractivity contribution in [2.45, 2.75) is 45.6 Å². The van der Waals surface area contributed by atoms with Crippen molar-refractivity contribution in [2.24, 2.45) is 11.3 Å². The molecular weight excluding hydrogens is 224 g/mol. The van der Waals surface area contributed by atoms with Crippen LogP contribution in [0.1, 0.15) is 39.5 Å². The third-order valence-electron chi connectivity index (χ3n) is 4.95. The minimum Gasteiger partial charge on any atom is -0.380 e. The van der Waals surface area contributed by atoms with Crippen LogP contribution in [-0.4, -0.2) is 50.8 Å². The number of nitrogens with one attached hydrogen (secondary N) is 1. The van der Waals surface area contributed by atoms with E-state index in [2.05, 4.69) is 24.1 Å².